The first-order valence-electron chi connectivity index (χ1n) is 5.37. The van der Waals surface area contributed by atoms with E-state index in [1.807, 2.05) is 0 Å². The van der Waals surface area contributed by atoms with E-state index in [-0.39, 0.29) is 6.61 Å². The van der Waals surface area contributed by atoms with Gasteiger partial charge in [0.25, 0.3) is 5.56 Å². The van der Waals surface area contributed by atoms with Crippen molar-refractivity contribution in [2.24, 2.45) is 0 Å². The molecule has 0 radical (unpaired) electrons. The molecule has 1 aliphatic rings. The fourth-order valence-electron chi connectivity index (χ4n) is 2.02. The molecule has 7 nitrogen and oxygen atoms in total. The van der Waals surface area contributed by atoms with Crippen LogP contribution in [0.25, 0.3) is 0 Å². The van der Waals surface area contributed by atoms with Crippen LogP contribution in [0, 0.1) is 0 Å². The Balaban J connectivity index is 2.34. The van der Waals surface area contributed by atoms with Crippen molar-refractivity contribution >= 4 is 12.6 Å². The molecule has 100 valence electrons. The Morgan fingerprint density at radius 2 is 2.33 bits per heavy atom. The molecule has 0 unspecified atom stereocenters. The third-order valence-corrected chi connectivity index (χ3v) is 3.44. The molecule has 8 heteroatoms. The van der Waals surface area contributed by atoms with Gasteiger partial charge in [0, 0.05) is 19.4 Å². The molecule has 2 heterocycles. The van der Waals surface area contributed by atoms with E-state index in [2.05, 4.69) is 17.6 Å². The highest BCUT2D eigenvalue weighted by molar-refractivity contribution is 7.81. The van der Waals surface area contributed by atoms with Gasteiger partial charge in [-0.1, -0.05) is 0 Å². The van der Waals surface area contributed by atoms with Gasteiger partial charge in [0.15, 0.2) is 6.23 Å². The van der Waals surface area contributed by atoms with E-state index in [0.29, 0.717) is 0 Å². The largest absolute Gasteiger partial charge is 0.394 e. The van der Waals surface area contributed by atoms with Crippen molar-refractivity contribution in [2.75, 3.05) is 13.7 Å². The van der Waals surface area contributed by atoms with Crippen LogP contribution in [0.15, 0.2) is 21.9 Å². The van der Waals surface area contributed by atoms with Crippen molar-refractivity contribution in [3.05, 3.63) is 33.1 Å². The lowest BCUT2D eigenvalue weighted by Crippen LogP contribution is -2.36. The molecule has 2 rings (SSSR count). The zero-order chi connectivity index (χ0) is 13.3. The Labute approximate surface area is 108 Å². The molecular weight excluding hydrogens is 260 g/mol. The Morgan fingerprint density at radius 3 is 2.83 bits per heavy atom. The molecule has 0 aromatic carbocycles. The second-order valence-corrected chi connectivity index (χ2v) is 4.55. The quantitative estimate of drug-likeness (QED) is 0.598. The number of aliphatic hydroxyl groups excluding tert-OH is 1. The lowest BCUT2D eigenvalue weighted by Gasteiger charge is -2.18. The minimum atomic E-state index is -0.695. The summed E-state index contributed by atoms with van der Waals surface area (Å²) in [6, 6.07) is 1.22. The third kappa shape index (κ3) is 2.24. The van der Waals surface area contributed by atoms with E-state index in [9.17, 15) is 14.7 Å². The van der Waals surface area contributed by atoms with E-state index in [0.717, 1.165) is 0 Å². The van der Waals surface area contributed by atoms with Gasteiger partial charge in [-0.2, -0.15) is 12.6 Å². The average molecular weight is 274 g/mol. The van der Waals surface area contributed by atoms with Crippen LogP contribution in [0.5, 0.6) is 0 Å². The van der Waals surface area contributed by atoms with Gasteiger partial charge < -0.3 is 14.6 Å². The summed E-state index contributed by atoms with van der Waals surface area (Å²) in [6.45, 7) is -0.232. The average Bonchev–Trinajstić information content (AvgIpc) is 2.66. The van der Waals surface area contributed by atoms with Crippen molar-refractivity contribution in [3.8, 4) is 0 Å². The molecule has 0 saturated carbocycles. The fourth-order valence-corrected chi connectivity index (χ4v) is 2.54. The van der Waals surface area contributed by atoms with Crippen LogP contribution in [-0.4, -0.2) is 45.8 Å². The van der Waals surface area contributed by atoms with Crippen molar-refractivity contribution < 1.29 is 14.6 Å². The summed E-state index contributed by atoms with van der Waals surface area (Å²) in [5.41, 5.74) is -1.06. The van der Waals surface area contributed by atoms with Gasteiger partial charge in [-0.3, -0.25) is 14.3 Å². The summed E-state index contributed by atoms with van der Waals surface area (Å²) in [6.07, 6.45) is -0.343. The Hall–Kier alpha value is -1.09. The molecule has 4 atom stereocenters. The summed E-state index contributed by atoms with van der Waals surface area (Å²) >= 11 is 4.35. The van der Waals surface area contributed by atoms with Gasteiger partial charge in [-0.05, 0) is 0 Å². The molecule has 1 aromatic heterocycles. The molecule has 2 N–H and O–H groups in total. The number of aliphatic hydroxyl groups is 1. The highest BCUT2D eigenvalue weighted by atomic mass is 32.1. The number of aromatic amines is 1. The molecule has 0 aliphatic carbocycles. The summed E-state index contributed by atoms with van der Waals surface area (Å²) in [7, 11) is 1.48. The van der Waals surface area contributed by atoms with Crippen LogP contribution >= 0.6 is 12.6 Å². The van der Waals surface area contributed by atoms with Crippen molar-refractivity contribution in [1.82, 2.24) is 9.55 Å². The van der Waals surface area contributed by atoms with E-state index in [1.54, 1.807) is 0 Å². The second-order valence-electron chi connectivity index (χ2n) is 3.96. The minimum absolute atomic E-state index is 0.232. The highest BCUT2D eigenvalue weighted by Gasteiger charge is 2.43. The first-order valence-corrected chi connectivity index (χ1v) is 5.88. The number of hydrogen-bond donors (Lipinski definition) is 3. The number of nitrogens with zero attached hydrogens (tertiary/aromatic N) is 1. The maximum Gasteiger partial charge on any atom is 0.330 e. The summed E-state index contributed by atoms with van der Waals surface area (Å²) in [4.78, 5) is 24.8. The predicted molar refractivity (Wildman–Crippen MR) is 65.9 cm³/mol. The normalized spacial score (nSPS) is 31.7. The maximum atomic E-state index is 11.7. The molecule has 0 bridgehead atoms. The SMILES string of the molecule is CO[C@H]1[C@@H](S)[C@H](n2ccc(=O)[nH]c2=O)O[C@@H]1CO. The fraction of sp³-hybridized carbons (Fsp3) is 0.600. The third-order valence-electron chi connectivity index (χ3n) is 2.89. The van der Waals surface area contributed by atoms with Gasteiger partial charge in [-0.25, -0.2) is 4.79 Å². The standard InChI is InChI=1S/C10H14N2O5S/c1-16-7-5(4-13)17-9(8(7)18)12-3-2-6(14)11-10(12)15/h2-3,5,7-9,13,18H,4H2,1H3,(H,11,14,15)/t5-,7-,8-,9-/m1/s1. The molecule has 18 heavy (non-hydrogen) atoms. The zero-order valence-corrected chi connectivity index (χ0v) is 10.5. The summed E-state index contributed by atoms with van der Waals surface area (Å²) in [5.74, 6) is 0. The van der Waals surface area contributed by atoms with Gasteiger partial charge in [-0.15, -0.1) is 0 Å². The second kappa shape index (κ2) is 5.27. The van der Waals surface area contributed by atoms with Crippen molar-refractivity contribution in [2.45, 2.75) is 23.7 Å². The van der Waals surface area contributed by atoms with Gasteiger partial charge in [0.1, 0.15) is 12.2 Å². The Bertz CT molecular complexity index is 527. The van der Waals surface area contributed by atoms with Crippen LogP contribution < -0.4 is 11.2 Å². The number of rotatable bonds is 3. The number of nitrogens with one attached hydrogen (secondary N) is 1. The van der Waals surface area contributed by atoms with Crippen LogP contribution in [-0.2, 0) is 9.47 Å². The van der Waals surface area contributed by atoms with Crippen molar-refractivity contribution in [3.63, 3.8) is 0 Å². The Morgan fingerprint density at radius 1 is 1.61 bits per heavy atom. The first kappa shape index (κ1) is 13.3. The number of ether oxygens (including phenoxy) is 2. The zero-order valence-electron chi connectivity index (χ0n) is 9.65. The molecule has 1 aromatic rings. The Kier molecular flexibility index (Phi) is 3.91. The van der Waals surface area contributed by atoms with Crippen molar-refractivity contribution in [1.29, 1.82) is 0 Å². The molecule has 0 amide bonds. The smallest absolute Gasteiger partial charge is 0.330 e. The van der Waals surface area contributed by atoms with Crippen LogP contribution in [0.1, 0.15) is 6.23 Å². The predicted octanol–water partition coefficient (Wildman–Crippen LogP) is -1.26. The monoisotopic (exact) mass is 274 g/mol. The molecular formula is C10H14N2O5S. The van der Waals surface area contributed by atoms with Gasteiger partial charge in [0.05, 0.1) is 11.9 Å². The number of methoxy groups -OCH3 is 1. The topological polar surface area (TPSA) is 93.6 Å². The van der Waals surface area contributed by atoms with E-state index >= 15 is 0 Å². The van der Waals surface area contributed by atoms with Gasteiger partial charge in [0.2, 0.25) is 0 Å². The van der Waals surface area contributed by atoms with Crippen LogP contribution in [0.2, 0.25) is 0 Å². The van der Waals surface area contributed by atoms with Crippen LogP contribution in [0.4, 0.5) is 0 Å². The molecule has 0 spiro atoms. The highest BCUT2D eigenvalue weighted by Crippen LogP contribution is 2.33. The number of aromatic nitrogens is 2. The molecule has 1 aliphatic heterocycles. The summed E-state index contributed by atoms with van der Waals surface area (Å²) in [5, 5.41) is 8.76. The molecule has 1 fully saturated rings. The maximum absolute atomic E-state index is 11.7. The summed E-state index contributed by atoms with van der Waals surface area (Å²) < 4.78 is 11.9. The van der Waals surface area contributed by atoms with Crippen LogP contribution in [0.3, 0.4) is 0 Å². The van der Waals surface area contributed by atoms with Gasteiger partial charge >= 0.3 is 5.69 Å². The van der Waals surface area contributed by atoms with E-state index < -0.39 is 34.9 Å². The lowest BCUT2D eigenvalue weighted by molar-refractivity contribution is -0.0534. The number of hydrogen-bond acceptors (Lipinski definition) is 6. The lowest BCUT2D eigenvalue weighted by atomic mass is 10.2. The van der Waals surface area contributed by atoms with E-state index in [1.165, 1.54) is 23.9 Å². The number of H-pyrrole nitrogens is 1. The molecule has 1 saturated heterocycles. The first-order chi connectivity index (χ1) is 8.58. The number of thiol groups is 1. The minimum Gasteiger partial charge on any atom is -0.394 e. The van der Waals surface area contributed by atoms with E-state index in [4.69, 9.17) is 9.47 Å².